The Morgan fingerprint density at radius 1 is 1.12 bits per heavy atom. The Hall–Kier alpha value is -2.63. The molecule has 0 spiro atoms. The molecule has 2 aliphatic heterocycles. The molecule has 1 fully saturated rings. The monoisotopic (exact) mass is 460 g/mol. The minimum absolute atomic E-state index is 0.137. The molecule has 0 aliphatic carbocycles. The van der Waals surface area contributed by atoms with Crippen molar-refractivity contribution >= 4 is 16.6 Å². The number of benzene rings is 2. The van der Waals surface area contributed by atoms with Gasteiger partial charge in [0, 0.05) is 48.5 Å². The highest BCUT2D eigenvalue weighted by Gasteiger charge is 2.33. The maximum atomic E-state index is 14.6. The minimum atomic E-state index is -0.821. The van der Waals surface area contributed by atoms with E-state index in [9.17, 15) is 4.39 Å². The molecule has 1 saturated heterocycles. The Bertz CT molecular complexity index is 1110. The van der Waals surface area contributed by atoms with Crippen LogP contribution in [0, 0.1) is 0 Å². The highest BCUT2D eigenvalue weighted by Crippen LogP contribution is 2.38. The molecule has 5 rings (SSSR count). The summed E-state index contributed by atoms with van der Waals surface area (Å²) in [4.78, 5) is 8.54. The van der Waals surface area contributed by atoms with E-state index in [2.05, 4.69) is 82.1 Å². The number of nitrogens with zero attached hydrogens (tertiary/aromatic N) is 2. The summed E-state index contributed by atoms with van der Waals surface area (Å²) in [7, 11) is 0. The largest absolute Gasteiger partial charge is 0.378 e. The van der Waals surface area contributed by atoms with Crippen LogP contribution in [0.2, 0.25) is 0 Å². The maximum absolute atomic E-state index is 14.6. The van der Waals surface area contributed by atoms with Gasteiger partial charge in [-0.05, 0) is 55.1 Å². The van der Waals surface area contributed by atoms with Crippen molar-refractivity contribution in [3.8, 4) is 0 Å². The van der Waals surface area contributed by atoms with Gasteiger partial charge in [-0.2, -0.15) is 0 Å². The van der Waals surface area contributed by atoms with E-state index in [0.29, 0.717) is 6.54 Å². The zero-order chi connectivity index (χ0) is 23.5. The molecule has 4 nitrogen and oxygen atoms in total. The number of rotatable bonds is 9. The number of H-pyrrole nitrogens is 1. The Kier molecular flexibility index (Phi) is 7.02. The van der Waals surface area contributed by atoms with E-state index in [1.807, 2.05) is 6.08 Å². The van der Waals surface area contributed by atoms with E-state index >= 15 is 0 Å². The van der Waals surface area contributed by atoms with Gasteiger partial charge in [0.05, 0.1) is 12.1 Å². The SMILES string of the molecule is C=CCCN1CCc2c([nH]c3ccccc23)[C@H]1c1ccc(N[C@@H]2CN(CCCC)C[C@@H]2F)cc1. The average molecular weight is 461 g/mol. The summed E-state index contributed by atoms with van der Waals surface area (Å²) in [6.07, 6.45) is 5.49. The molecule has 0 bridgehead atoms. The zero-order valence-electron chi connectivity index (χ0n) is 20.3. The Morgan fingerprint density at radius 2 is 1.94 bits per heavy atom. The fourth-order valence-electron chi connectivity index (χ4n) is 5.68. The van der Waals surface area contributed by atoms with E-state index < -0.39 is 6.17 Å². The summed E-state index contributed by atoms with van der Waals surface area (Å²) in [6.45, 7) is 10.4. The molecule has 1 aromatic heterocycles. The number of aromatic amines is 1. The van der Waals surface area contributed by atoms with Gasteiger partial charge in [-0.1, -0.05) is 49.8 Å². The zero-order valence-corrected chi connectivity index (χ0v) is 20.3. The second kappa shape index (κ2) is 10.3. The number of unbranched alkanes of at least 4 members (excludes halogenated alkanes) is 1. The standard InChI is InChI=1S/C29H37FN4/c1-3-5-16-33-19-25(30)27(20-33)31-22-13-11-21(12-14-22)29-28-24(15-18-34(29)17-6-4-2)23-9-7-8-10-26(23)32-28/h4,7-14,25,27,29,31-32H,2-3,5-6,15-20H2,1H3/t25-,27+,29+/m0/s1. The van der Waals surface area contributed by atoms with Crippen molar-refractivity contribution in [3.63, 3.8) is 0 Å². The first-order valence-electron chi connectivity index (χ1n) is 12.8. The van der Waals surface area contributed by atoms with E-state index in [1.165, 1.54) is 27.7 Å². The molecule has 5 heteroatoms. The van der Waals surface area contributed by atoms with Crippen LogP contribution in [0.1, 0.15) is 49.0 Å². The number of halogens is 1. The third-order valence-corrected chi connectivity index (χ3v) is 7.49. The number of anilines is 1. The summed E-state index contributed by atoms with van der Waals surface area (Å²) < 4.78 is 14.6. The summed E-state index contributed by atoms with van der Waals surface area (Å²) in [5, 5.41) is 4.80. The van der Waals surface area contributed by atoms with Crippen LogP contribution in [0.25, 0.3) is 10.9 Å². The molecule has 0 unspecified atom stereocenters. The van der Waals surface area contributed by atoms with E-state index in [4.69, 9.17) is 0 Å². The lowest BCUT2D eigenvalue weighted by atomic mass is 9.92. The predicted molar refractivity (Wildman–Crippen MR) is 140 cm³/mol. The number of likely N-dealkylation sites (tertiary alicyclic amines) is 1. The molecule has 3 heterocycles. The number of para-hydroxylation sites is 1. The number of aromatic nitrogens is 1. The lowest BCUT2D eigenvalue weighted by molar-refractivity contribution is 0.215. The fourth-order valence-corrected chi connectivity index (χ4v) is 5.68. The Labute approximate surface area is 202 Å². The number of hydrogen-bond acceptors (Lipinski definition) is 3. The topological polar surface area (TPSA) is 34.3 Å². The molecule has 2 aliphatic rings. The van der Waals surface area contributed by atoms with Gasteiger partial charge in [0.2, 0.25) is 0 Å². The molecule has 34 heavy (non-hydrogen) atoms. The molecular weight excluding hydrogens is 423 g/mol. The third kappa shape index (κ3) is 4.64. The number of hydrogen-bond donors (Lipinski definition) is 2. The van der Waals surface area contributed by atoms with Crippen molar-refractivity contribution in [2.75, 3.05) is 38.0 Å². The van der Waals surface area contributed by atoms with Crippen LogP contribution in [0.5, 0.6) is 0 Å². The summed E-state index contributed by atoms with van der Waals surface area (Å²) in [5.41, 5.74) is 6.23. The second-order valence-electron chi connectivity index (χ2n) is 9.83. The van der Waals surface area contributed by atoms with Crippen LogP contribution in [0.3, 0.4) is 0 Å². The molecule has 180 valence electrons. The number of alkyl halides is 1. The third-order valence-electron chi connectivity index (χ3n) is 7.49. The minimum Gasteiger partial charge on any atom is -0.378 e. The first-order valence-corrected chi connectivity index (χ1v) is 12.8. The number of fused-ring (bicyclic) bond motifs is 3. The van der Waals surface area contributed by atoms with Crippen molar-refractivity contribution < 1.29 is 4.39 Å². The number of nitrogens with one attached hydrogen (secondary N) is 2. The predicted octanol–water partition coefficient (Wildman–Crippen LogP) is 5.93. The first-order chi connectivity index (χ1) is 16.7. The highest BCUT2D eigenvalue weighted by atomic mass is 19.1. The van der Waals surface area contributed by atoms with Gasteiger partial charge in [-0.3, -0.25) is 9.80 Å². The van der Waals surface area contributed by atoms with E-state index in [1.54, 1.807) is 0 Å². The van der Waals surface area contributed by atoms with Crippen LogP contribution in [0.15, 0.2) is 61.2 Å². The van der Waals surface area contributed by atoms with Crippen LogP contribution in [-0.4, -0.2) is 59.7 Å². The van der Waals surface area contributed by atoms with Crippen molar-refractivity contribution in [1.29, 1.82) is 0 Å². The smallest absolute Gasteiger partial charge is 0.134 e. The van der Waals surface area contributed by atoms with Gasteiger partial charge in [-0.15, -0.1) is 6.58 Å². The van der Waals surface area contributed by atoms with Crippen molar-refractivity contribution in [2.45, 2.75) is 50.9 Å². The molecular formula is C29H37FN4. The molecule has 2 N–H and O–H groups in total. The van der Waals surface area contributed by atoms with Crippen LogP contribution in [-0.2, 0) is 6.42 Å². The Balaban J connectivity index is 1.37. The molecule has 0 radical (unpaired) electrons. The van der Waals surface area contributed by atoms with E-state index in [0.717, 1.165) is 57.5 Å². The van der Waals surface area contributed by atoms with Crippen molar-refractivity contribution in [2.24, 2.45) is 0 Å². The lowest BCUT2D eigenvalue weighted by Crippen LogP contribution is -2.36. The van der Waals surface area contributed by atoms with Gasteiger partial charge >= 0.3 is 0 Å². The van der Waals surface area contributed by atoms with Gasteiger partial charge in [0.1, 0.15) is 6.17 Å². The molecule has 3 atom stereocenters. The Morgan fingerprint density at radius 3 is 2.74 bits per heavy atom. The van der Waals surface area contributed by atoms with Gasteiger partial charge in [0.15, 0.2) is 0 Å². The maximum Gasteiger partial charge on any atom is 0.134 e. The lowest BCUT2D eigenvalue weighted by Gasteiger charge is -2.36. The first kappa shape index (κ1) is 23.1. The highest BCUT2D eigenvalue weighted by molar-refractivity contribution is 5.85. The van der Waals surface area contributed by atoms with Crippen LogP contribution >= 0.6 is 0 Å². The molecule has 2 aromatic carbocycles. The van der Waals surface area contributed by atoms with Gasteiger partial charge in [-0.25, -0.2) is 4.39 Å². The summed E-state index contributed by atoms with van der Waals surface area (Å²) in [6, 6.07) is 17.4. The van der Waals surface area contributed by atoms with Crippen LogP contribution < -0.4 is 5.32 Å². The molecule has 0 saturated carbocycles. The van der Waals surface area contributed by atoms with Crippen molar-refractivity contribution in [1.82, 2.24) is 14.8 Å². The fraction of sp³-hybridized carbons (Fsp3) is 0.448. The molecule has 3 aromatic rings. The summed E-state index contributed by atoms with van der Waals surface area (Å²) >= 11 is 0. The van der Waals surface area contributed by atoms with Crippen molar-refractivity contribution in [3.05, 3.63) is 78.0 Å². The second-order valence-corrected chi connectivity index (χ2v) is 9.83. The average Bonchev–Trinajstić information content (AvgIpc) is 3.41. The molecule has 0 amide bonds. The van der Waals surface area contributed by atoms with Crippen LogP contribution in [0.4, 0.5) is 10.1 Å². The van der Waals surface area contributed by atoms with Gasteiger partial charge < -0.3 is 10.3 Å². The van der Waals surface area contributed by atoms with Gasteiger partial charge in [0.25, 0.3) is 0 Å². The van der Waals surface area contributed by atoms with E-state index in [-0.39, 0.29) is 12.1 Å². The quantitative estimate of drug-likeness (QED) is 0.389. The summed E-state index contributed by atoms with van der Waals surface area (Å²) in [5.74, 6) is 0. The normalized spacial score (nSPS) is 23.3.